The number of hydrogen-bond donors (Lipinski definition) is 0. The monoisotopic (exact) mass is 1520 g/mol. The Balaban J connectivity index is 0.000000148. The SMILES string of the molecule is CCOc1ccc(-c2nc(-c3ccc(CN(C)C)cc3)no2)cc1OCC.CCOc1ccc(-c2nc(-c3ccc(CN4CCCC4)cc3)no2)cc1OCC.CCOc1ccc(-c2nc(-c3cccc(CN(C)C)c3)no2)cc1OCC.CCOc1ccc(-c2nc(-c3cccc(CN4CCCC4)c3)no2)cc1OCC. The number of likely N-dealkylation sites (tertiary alicyclic amines) is 2. The highest BCUT2D eigenvalue weighted by molar-refractivity contribution is 5.68. The van der Waals surface area contributed by atoms with Gasteiger partial charge in [-0.1, -0.05) is 106 Å². The van der Waals surface area contributed by atoms with Gasteiger partial charge in [0, 0.05) is 70.7 Å². The van der Waals surface area contributed by atoms with Crippen molar-refractivity contribution in [1.29, 1.82) is 0 Å². The Morgan fingerprint density at radius 1 is 0.277 bits per heavy atom. The van der Waals surface area contributed by atoms with Gasteiger partial charge in [-0.3, -0.25) is 9.80 Å². The van der Waals surface area contributed by atoms with Gasteiger partial charge in [-0.05, 0) is 243 Å². The van der Waals surface area contributed by atoms with Gasteiger partial charge < -0.3 is 65.8 Å². The van der Waals surface area contributed by atoms with Crippen LogP contribution < -0.4 is 37.9 Å². The topological polar surface area (TPSA) is 242 Å². The third-order valence-corrected chi connectivity index (χ3v) is 17.9. The predicted octanol–water partition coefficient (Wildman–Crippen LogP) is 18.1. The zero-order chi connectivity index (χ0) is 78.6. The van der Waals surface area contributed by atoms with E-state index in [-0.39, 0.29) is 0 Å². The van der Waals surface area contributed by atoms with Crippen molar-refractivity contribution in [2.75, 3.05) is 107 Å². The summed E-state index contributed by atoms with van der Waals surface area (Å²) in [4.78, 5) is 27.5. The van der Waals surface area contributed by atoms with E-state index in [1.54, 1.807) is 0 Å². The zero-order valence-electron chi connectivity index (χ0n) is 66.6. The molecule has 24 heteroatoms. The Morgan fingerprint density at radius 2 is 0.545 bits per heavy atom. The Labute approximate surface area is 656 Å². The molecule has 0 unspecified atom stereocenters. The number of hydrogen-bond acceptors (Lipinski definition) is 24. The minimum absolute atomic E-state index is 0.450. The van der Waals surface area contributed by atoms with Gasteiger partial charge in [0.15, 0.2) is 46.0 Å². The number of nitrogens with zero attached hydrogens (tertiary/aromatic N) is 12. The highest BCUT2D eigenvalue weighted by atomic mass is 16.5. The lowest BCUT2D eigenvalue weighted by atomic mass is 10.1. The van der Waals surface area contributed by atoms with Crippen molar-refractivity contribution in [3.8, 4) is 137 Å². The molecule has 588 valence electrons. The van der Waals surface area contributed by atoms with Gasteiger partial charge in [-0.2, -0.15) is 19.9 Å². The van der Waals surface area contributed by atoms with E-state index >= 15 is 0 Å². The second-order valence-electron chi connectivity index (χ2n) is 27.0. The molecule has 112 heavy (non-hydrogen) atoms. The first-order valence-electron chi connectivity index (χ1n) is 38.8. The highest BCUT2D eigenvalue weighted by Gasteiger charge is 2.22. The maximum absolute atomic E-state index is 5.70. The standard InChI is InChI=1S/2C23H27N3O3.2C21H25N3O3/c1-3-27-20-12-11-19(15-21(20)28-4-2)23-24-22(25-29-23)18-9-7-17(8-10-18)16-26-13-5-6-14-26;1-3-27-20-11-10-19(15-21(20)28-4-2)23-24-22(25-29-23)18-9-7-8-17(14-18)16-26-12-5-6-13-26;1-5-25-18-12-11-17(13-19(18)26-6-2)21-22-20(23-27-21)16-9-7-15(8-10-16)14-24(3)4;1-5-25-18-11-10-17(13-19(18)26-6-2)21-22-20(23-27-21)16-9-7-8-15(12-16)14-24(3)4/h7-12,15H,3-6,13-14,16H2,1-2H3;7-11,14-15H,3-6,12-13,16H2,1-2H3;2*7-13H,5-6,14H2,1-4H3. The Bertz CT molecular complexity index is 4850. The third kappa shape index (κ3) is 22.9. The van der Waals surface area contributed by atoms with Crippen molar-refractivity contribution < 1.29 is 56.0 Å². The Kier molecular flexibility index (Phi) is 30.3. The summed E-state index contributed by atoms with van der Waals surface area (Å²) in [6.45, 7) is 28.6. The quantitative estimate of drug-likeness (QED) is 0.0380. The summed E-state index contributed by atoms with van der Waals surface area (Å²) in [6.07, 6.45) is 5.19. The fourth-order valence-electron chi connectivity index (χ4n) is 12.8. The molecule has 0 saturated carbocycles. The number of aromatic nitrogens is 8. The average Bonchev–Trinajstić information content (AvgIpc) is 1.71. The number of benzene rings is 8. The molecule has 0 bridgehead atoms. The smallest absolute Gasteiger partial charge is 0.258 e. The van der Waals surface area contributed by atoms with Crippen LogP contribution in [0.15, 0.2) is 188 Å². The van der Waals surface area contributed by atoms with Crippen LogP contribution in [0.3, 0.4) is 0 Å². The molecule has 0 spiro atoms. The molecule has 12 aromatic rings. The summed E-state index contributed by atoms with van der Waals surface area (Å²) < 4.78 is 67.2. The van der Waals surface area contributed by atoms with E-state index in [0.29, 0.717) is 146 Å². The first kappa shape index (κ1) is 81.5. The van der Waals surface area contributed by atoms with Crippen molar-refractivity contribution in [1.82, 2.24) is 60.2 Å². The predicted molar refractivity (Wildman–Crippen MR) is 434 cm³/mol. The molecule has 0 N–H and O–H groups in total. The first-order chi connectivity index (χ1) is 54.7. The molecule has 0 amide bonds. The van der Waals surface area contributed by atoms with Crippen molar-refractivity contribution in [3.05, 3.63) is 192 Å². The molecule has 4 aromatic heterocycles. The third-order valence-electron chi connectivity index (χ3n) is 17.9. The molecule has 0 radical (unpaired) electrons. The Hall–Kier alpha value is -11.4. The van der Waals surface area contributed by atoms with Crippen LogP contribution in [0.4, 0.5) is 0 Å². The van der Waals surface area contributed by atoms with Crippen molar-refractivity contribution in [3.63, 3.8) is 0 Å². The zero-order valence-corrected chi connectivity index (χ0v) is 66.6. The summed E-state index contributed by atoms with van der Waals surface area (Å²) in [5, 5.41) is 16.6. The maximum atomic E-state index is 5.70. The van der Waals surface area contributed by atoms with E-state index in [1.807, 2.05) is 187 Å². The second-order valence-corrected chi connectivity index (χ2v) is 27.0. The van der Waals surface area contributed by atoms with Crippen molar-refractivity contribution >= 4 is 0 Å². The van der Waals surface area contributed by atoms with E-state index in [1.165, 1.54) is 74.1 Å². The van der Waals surface area contributed by atoms with Gasteiger partial charge in [0.1, 0.15) is 0 Å². The molecule has 2 aliphatic heterocycles. The molecule has 0 atom stereocenters. The summed E-state index contributed by atoms with van der Waals surface area (Å²) in [5.74, 6) is 9.68. The van der Waals surface area contributed by atoms with E-state index in [2.05, 4.69) is 127 Å². The summed E-state index contributed by atoms with van der Waals surface area (Å²) in [7, 11) is 8.18. The lowest BCUT2D eigenvalue weighted by Gasteiger charge is -2.14. The Morgan fingerprint density at radius 3 is 0.866 bits per heavy atom. The molecule has 14 rings (SSSR count). The normalized spacial score (nSPS) is 12.7. The molecule has 0 aliphatic carbocycles. The molecule has 2 aliphatic rings. The lowest BCUT2D eigenvalue weighted by Crippen LogP contribution is -2.18. The van der Waals surface area contributed by atoms with Gasteiger partial charge in [0.2, 0.25) is 23.3 Å². The van der Waals surface area contributed by atoms with Crippen LogP contribution in [0.1, 0.15) is 103 Å². The largest absolute Gasteiger partial charge is 0.490 e. The molecule has 2 fully saturated rings. The molecule has 8 aromatic carbocycles. The van der Waals surface area contributed by atoms with Crippen molar-refractivity contribution in [2.24, 2.45) is 0 Å². The van der Waals surface area contributed by atoms with E-state index in [0.717, 1.165) is 70.7 Å². The summed E-state index contributed by atoms with van der Waals surface area (Å²) >= 11 is 0. The van der Waals surface area contributed by atoms with Crippen LogP contribution in [0.25, 0.3) is 91.4 Å². The lowest BCUT2D eigenvalue weighted by molar-refractivity contribution is 0.288. The van der Waals surface area contributed by atoms with Crippen LogP contribution >= 0.6 is 0 Å². The highest BCUT2D eigenvalue weighted by Crippen LogP contribution is 2.38. The van der Waals surface area contributed by atoms with Gasteiger partial charge in [0.25, 0.3) is 23.6 Å². The minimum atomic E-state index is 0.450. The second kappa shape index (κ2) is 41.6. The van der Waals surface area contributed by atoms with Gasteiger partial charge >= 0.3 is 0 Å². The molecule has 2 saturated heterocycles. The van der Waals surface area contributed by atoms with Gasteiger partial charge in [-0.15, -0.1) is 0 Å². The van der Waals surface area contributed by atoms with Crippen LogP contribution in [0.5, 0.6) is 46.0 Å². The van der Waals surface area contributed by atoms with E-state index < -0.39 is 0 Å². The van der Waals surface area contributed by atoms with Gasteiger partial charge in [-0.25, -0.2) is 0 Å². The van der Waals surface area contributed by atoms with Crippen LogP contribution in [-0.4, -0.2) is 167 Å². The van der Waals surface area contributed by atoms with E-state index in [4.69, 9.17) is 56.0 Å². The fraction of sp³-hybridized carbons (Fsp3) is 0.364. The fourth-order valence-corrected chi connectivity index (χ4v) is 12.8. The molecule has 24 nitrogen and oxygen atoms in total. The molecule has 6 heterocycles. The minimum Gasteiger partial charge on any atom is -0.490 e. The molecular weight excluding hydrogens is 1420 g/mol. The van der Waals surface area contributed by atoms with Crippen molar-refractivity contribution in [2.45, 2.75) is 107 Å². The van der Waals surface area contributed by atoms with Crippen LogP contribution in [-0.2, 0) is 26.2 Å². The summed E-state index contributed by atoms with van der Waals surface area (Å²) in [6, 6.07) is 55.7. The number of ether oxygens (including phenoxy) is 8. The summed E-state index contributed by atoms with van der Waals surface area (Å²) in [5.41, 5.74) is 12.0. The first-order valence-corrected chi connectivity index (χ1v) is 38.8. The van der Waals surface area contributed by atoms with E-state index in [9.17, 15) is 0 Å². The van der Waals surface area contributed by atoms with Gasteiger partial charge in [0.05, 0.1) is 52.9 Å². The maximum Gasteiger partial charge on any atom is 0.258 e. The number of rotatable bonds is 32. The van der Waals surface area contributed by atoms with Crippen LogP contribution in [0, 0.1) is 0 Å². The average molecular weight is 1520 g/mol. The van der Waals surface area contributed by atoms with Crippen LogP contribution in [0.2, 0.25) is 0 Å². The molecular formula is C88H104N12O12.